The Balaban J connectivity index is 1.77. The van der Waals surface area contributed by atoms with E-state index >= 15 is 0 Å². The summed E-state index contributed by atoms with van der Waals surface area (Å²) in [6.45, 7) is 4.44. The Morgan fingerprint density at radius 2 is 1.83 bits per heavy atom. The summed E-state index contributed by atoms with van der Waals surface area (Å²) in [7, 11) is 0. The number of benzene rings is 1. The number of pyridine rings is 1. The van der Waals surface area contributed by atoms with E-state index in [0.717, 1.165) is 22.3 Å². The van der Waals surface area contributed by atoms with Crippen LogP contribution >= 0.6 is 11.8 Å². The Hall–Kier alpha value is -2.21. The van der Waals surface area contributed by atoms with Crippen LogP contribution in [0.25, 0.3) is 5.69 Å². The van der Waals surface area contributed by atoms with Crippen LogP contribution in [0.4, 0.5) is 0 Å². The van der Waals surface area contributed by atoms with Crippen LogP contribution in [0.15, 0.2) is 59.9 Å². The summed E-state index contributed by atoms with van der Waals surface area (Å²) in [5.74, 6) is 1.75. The number of hydrogen-bond donors (Lipinski definition) is 0. The molecule has 0 aliphatic rings. The van der Waals surface area contributed by atoms with Crippen LogP contribution in [0.5, 0.6) is 0 Å². The summed E-state index contributed by atoms with van der Waals surface area (Å²) >= 11 is 1.67. The zero-order valence-corrected chi connectivity index (χ0v) is 14.0. The molecular formula is C17H19N5S. The molecule has 0 fully saturated rings. The first-order valence-electron chi connectivity index (χ1n) is 7.63. The molecule has 0 saturated carbocycles. The Labute approximate surface area is 140 Å². The van der Waals surface area contributed by atoms with Crippen LogP contribution in [-0.4, -0.2) is 30.9 Å². The normalized spacial score (nSPS) is 12.5. The van der Waals surface area contributed by atoms with Gasteiger partial charge in [-0.25, -0.2) is 0 Å². The summed E-state index contributed by atoms with van der Waals surface area (Å²) in [6, 6.07) is 16.0. The van der Waals surface area contributed by atoms with Crippen LogP contribution in [-0.2, 0) is 0 Å². The predicted octanol–water partition coefficient (Wildman–Crippen LogP) is 3.59. The van der Waals surface area contributed by atoms with E-state index in [1.54, 1.807) is 16.4 Å². The van der Waals surface area contributed by atoms with E-state index in [2.05, 4.69) is 40.4 Å². The van der Waals surface area contributed by atoms with E-state index in [1.165, 1.54) is 0 Å². The number of rotatable bonds is 6. The van der Waals surface area contributed by atoms with Crippen molar-refractivity contribution >= 4 is 11.8 Å². The van der Waals surface area contributed by atoms with Gasteiger partial charge < -0.3 is 0 Å². The quantitative estimate of drug-likeness (QED) is 0.648. The highest BCUT2D eigenvalue weighted by molar-refractivity contribution is 7.99. The van der Waals surface area contributed by atoms with Crippen molar-refractivity contribution in [1.82, 2.24) is 25.2 Å². The van der Waals surface area contributed by atoms with Gasteiger partial charge in [-0.15, -0.1) is 5.10 Å². The van der Waals surface area contributed by atoms with Crippen LogP contribution in [0.1, 0.15) is 25.5 Å². The number of para-hydroxylation sites is 1. The molecule has 3 aromatic rings. The number of hydrogen-bond acceptors (Lipinski definition) is 5. The number of thioether (sulfide) groups is 1. The van der Waals surface area contributed by atoms with E-state index in [-0.39, 0.29) is 0 Å². The zero-order valence-electron chi connectivity index (χ0n) is 13.2. The second-order valence-corrected chi connectivity index (χ2v) is 6.61. The van der Waals surface area contributed by atoms with Crippen molar-refractivity contribution in [2.45, 2.75) is 24.9 Å². The van der Waals surface area contributed by atoms with Gasteiger partial charge in [0, 0.05) is 23.6 Å². The third-order valence-electron chi connectivity index (χ3n) is 3.71. The lowest BCUT2D eigenvalue weighted by molar-refractivity contribution is 0.530. The lowest BCUT2D eigenvalue weighted by atomic mass is 9.94. The molecule has 1 aromatic carbocycles. The van der Waals surface area contributed by atoms with Gasteiger partial charge in [-0.1, -0.05) is 49.9 Å². The van der Waals surface area contributed by atoms with Gasteiger partial charge in [-0.2, -0.15) is 4.68 Å². The molecule has 3 rings (SSSR count). The fourth-order valence-corrected chi connectivity index (χ4v) is 3.62. The molecule has 0 N–H and O–H groups in total. The van der Waals surface area contributed by atoms with E-state index in [4.69, 9.17) is 0 Å². The molecule has 0 radical (unpaired) electrons. The number of tetrazole rings is 1. The first-order chi connectivity index (χ1) is 11.3. The molecule has 118 valence electrons. The van der Waals surface area contributed by atoms with Crippen molar-refractivity contribution in [3.63, 3.8) is 0 Å². The topological polar surface area (TPSA) is 56.5 Å². The van der Waals surface area contributed by atoms with Crippen LogP contribution in [0.3, 0.4) is 0 Å². The minimum absolute atomic E-state index is 0.363. The Bertz CT molecular complexity index is 727. The Morgan fingerprint density at radius 1 is 1.04 bits per heavy atom. The zero-order chi connectivity index (χ0) is 16.1. The standard InChI is InChI=1S/C17H19N5S/c1-13(2)15(16-10-6-7-11-18-16)12-23-17-19-20-21-22(17)14-8-4-3-5-9-14/h3-11,13,15H,12H2,1-2H3. The lowest BCUT2D eigenvalue weighted by Crippen LogP contribution is -2.12. The van der Waals surface area contributed by atoms with Gasteiger partial charge >= 0.3 is 0 Å². The maximum atomic E-state index is 4.51. The van der Waals surface area contributed by atoms with Gasteiger partial charge in [0.25, 0.3) is 0 Å². The van der Waals surface area contributed by atoms with E-state index < -0.39 is 0 Å². The summed E-state index contributed by atoms with van der Waals surface area (Å²) < 4.78 is 1.78. The Kier molecular flexibility index (Phi) is 5.02. The highest BCUT2D eigenvalue weighted by atomic mass is 32.2. The van der Waals surface area contributed by atoms with Gasteiger partial charge in [0.1, 0.15) is 0 Å². The largest absolute Gasteiger partial charge is 0.261 e. The highest BCUT2D eigenvalue weighted by Gasteiger charge is 2.19. The number of nitrogens with zero attached hydrogens (tertiary/aromatic N) is 5. The van der Waals surface area contributed by atoms with Crippen LogP contribution < -0.4 is 0 Å². The minimum Gasteiger partial charge on any atom is -0.261 e. The number of aromatic nitrogens is 5. The van der Waals surface area contributed by atoms with E-state index in [0.29, 0.717) is 11.8 Å². The fourth-order valence-electron chi connectivity index (χ4n) is 2.38. The van der Waals surface area contributed by atoms with Gasteiger partial charge in [0.05, 0.1) is 5.69 Å². The maximum absolute atomic E-state index is 4.51. The molecule has 1 unspecified atom stereocenters. The average molecular weight is 325 g/mol. The smallest absolute Gasteiger partial charge is 0.214 e. The second kappa shape index (κ2) is 7.37. The third kappa shape index (κ3) is 3.76. The van der Waals surface area contributed by atoms with Crippen molar-refractivity contribution < 1.29 is 0 Å². The molecule has 0 aliphatic carbocycles. The molecule has 5 nitrogen and oxygen atoms in total. The monoisotopic (exact) mass is 325 g/mol. The van der Waals surface area contributed by atoms with Crippen molar-refractivity contribution in [2.75, 3.05) is 5.75 Å². The van der Waals surface area contributed by atoms with Crippen LogP contribution in [0.2, 0.25) is 0 Å². The summed E-state index contributed by atoms with van der Waals surface area (Å²) in [4.78, 5) is 4.51. The Morgan fingerprint density at radius 3 is 2.52 bits per heavy atom. The molecule has 2 aromatic heterocycles. The van der Waals surface area contributed by atoms with Crippen molar-refractivity contribution in [3.8, 4) is 5.69 Å². The van der Waals surface area contributed by atoms with Gasteiger partial charge in [0.2, 0.25) is 5.16 Å². The SMILES string of the molecule is CC(C)C(CSc1nnnn1-c1ccccc1)c1ccccn1. The average Bonchev–Trinajstić information content (AvgIpc) is 3.05. The molecule has 1 atom stereocenters. The molecule has 2 heterocycles. The first kappa shape index (κ1) is 15.7. The summed E-state index contributed by atoms with van der Waals surface area (Å²) in [5, 5.41) is 12.9. The van der Waals surface area contributed by atoms with E-state index in [9.17, 15) is 0 Å². The second-order valence-electron chi connectivity index (χ2n) is 5.62. The molecule has 0 saturated heterocycles. The van der Waals surface area contributed by atoms with Crippen LogP contribution in [0, 0.1) is 5.92 Å². The first-order valence-corrected chi connectivity index (χ1v) is 8.62. The maximum Gasteiger partial charge on any atom is 0.214 e. The summed E-state index contributed by atoms with van der Waals surface area (Å²) in [6.07, 6.45) is 1.85. The van der Waals surface area contributed by atoms with Gasteiger partial charge in [0.15, 0.2) is 0 Å². The predicted molar refractivity (Wildman–Crippen MR) is 91.7 cm³/mol. The van der Waals surface area contributed by atoms with Gasteiger partial charge in [-0.05, 0) is 40.6 Å². The van der Waals surface area contributed by atoms with Crippen molar-refractivity contribution in [2.24, 2.45) is 5.92 Å². The van der Waals surface area contributed by atoms with Crippen molar-refractivity contribution in [3.05, 3.63) is 60.4 Å². The molecule has 23 heavy (non-hydrogen) atoms. The molecule has 6 heteroatoms. The molecule has 0 aliphatic heterocycles. The molecule has 0 amide bonds. The fraction of sp³-hybridized carbons (Fsp3) is 0.294. The highest BCUT2D eigenvalue weighted by Crippen LogP contribution is 2.30. The minimum atomic E-state index is 0.363. The molecule has 0 spiro atoms. The molecular weight excluding hydrogens is 306 g/mol. The lowest BCUT2D eigenvalue weighted by Gasteiger charge is -2.19. The van der Waals surface area contributed by atoms with E-state index in [1.807, 2.05) is 48.7 Å². The third-order valence-corrected chi connectivity index (χ3v) is 4.74. The summed E-state index contributed by atoms with van der Waals surface area (Å²) in [5.41, 5.74) is 2.09. The molecule has 0 bridgehead atoms. The van der Waals surface area contributed by atoms with Gasteiger partial charge in [-0.3, -0.25) is 4.98 Å². The van der Waals surface area contributed by atoms with Crippen molar-refractivity contribution in [1.29, 1.82) is 0 Å².